The van der Waals surface area contributed by atoms with Crippen LogP contribution >= 0.6 is 11.6 Å². The van der Waals surface area contributed by atoms with E-state index in [9.17, 15) is 14.4 Å². The van der Waals surface area contributed by atoms with E-state index in [1.807, 2.05) is 12.1 Å². The average molecular weight is 618 g/mol. The van der Waals surface area contributed by atoms with Gasteiger partial charge in [-0.25, -0.2) is 4.39 Å². The summed E-state index contributed by atoms with van der Waals surface area (Å²) >= 11 is 6.69. The van der Waals surface area contributed by atoms with Crippen molar-refractivity contribution in [2.45, 2.75) is 50.7 Å². The summed E-state index contributed by atoms with van der Waals surface area (Å²) in [5.74, 6) is -0.916. The van der Waals surface area contributed by atoms with Crippen LogP contribution in [0, 0.1) is 11.3 Å². The van der Waals surface area contributed by atoms with Crippen molar-refractivity contribution in [2.24, 2.45) is 0 Å². The summed E-state index contributed by atoms with van der Waals surface area (Å²) in [4.78, 5) is 30.8. The Kier molecular flexibility index (Phi) is 8.87. The summed E-state index contributed by atoms with van der Waals surface area (Å²) in [6, 6.07) is 14.6. The highest BCUT2D eigenvalue weighted by atomic mass is 35.5. The molecular formula is C33H37ClFN7O2. The minimum absolute atomic E-state index is 0.259. The number of likely N-dealkylation sites (tertiary alicyclic amines) is 1. The van der Waals surface area contributed by atoms with Crippen LogP contribution in [0.25, 0.3) is 10.8 Å². The van der Waals surface area contributed by atoms with E-state index in [2.05, 4.69) is 58.7 Å². The maximum Gasteiger partial charge on any atom is 0.318 e. The summed E-state index contributed by atoms with van der Waals surface area (Å²) in [5, 5.41) is 12.1. The maximum absolute atomic E-state index is 13.9. The Morgan fingerprint density at radius 2 is 1.95 bits per heavy atom. The van der Waals surface area contributed by atoms with Crippen LogP contribution in [0.3, 0.4) is 0 Å². The summed E-state index contributed by atoms with van der Waals surface area (Å²) in [5.41, 5.74) is 3.00. The van der Waals surface area contributed by atoms with Gasteiger partial charge in [-0.15, -0.1) is 0 Å². The van der Waals surface area contributed by atoms with Crippen LogP contribution in [-0.2, 0) is 17.8 Å². The molecule has 0 aliphatic carbocycles. The quantitative estimate of drug-likeness (QED) is 0.322. The molecule has 0 radical (unpaired) electrons. The molecule has 0 saturated carbocycles. The second-order valence-electron chi connectivity index (χ2n) is 11.8. The summed E-state index contributed by atoms with van der Waals surface area (Å²) in [6.45, 7) is 7.28. The molecule has 1 amide bonds. The molecule has 0 N–H and O–H groups in total. The molecular weight excluding hydrogens is 581 g/mol. The molecule has 9 nitrogen and oxygen atoms in total. The molecule has 3 aromatic rings. The van der Waals surface area contributed by atoms with Gasteiger partial charge in [-0.1, -0.05) is 42.4 Å². The number of ether oxygens (including phenoxy) is 1. The first-order chi connectivity index (χ1) is 21.3. The number of hydrogen-bond donors (Lipinski definition) is 0. The van der Waals surface area contributed by atoms with Gasteiger partial charge >= 0.3 is 6.01 Å². The summed E-state index contributed by atoms with van der Waals surface area (Å²) in [6.07, 6.45) is 3.61. The molecule has 6 rings (SSSR count). The van der Waals surface area contributed by atoms with E-state index < -0.39 is 11.7 Å². The summed E-state index contributed by atoms with van der Waals surface area (Å²) in [7, 11) is 2.11. The van der Waals surface area contributed by atoms with Crippen molar-refractivity contribution in [2.75, 3.05) is 56.2 Å². The summed E-state index contributed by atoms with van der Waals surface area (Å²) < 4.78 is 20.2. The number of amides is 1. The first-order valence-electron chi connectivity index (χ1n) is 15.3. The maximum atomic E-state index is 13.9. The fraction of sp³-hybridized carbons (Fsp3) is 0.455. The molecule has 230 valence electrons. The van der Waals surface area contributed by atoms with E-state index >= 15 is 0 Å². The van der Waals surface area contributed by atoms with Gasteiger partial charge in [0.25, 0.3) is 5.91 Å². The lowest BCUT2D eigenvalue weighted by molar-refractivity contribution is -0.131. The zero-order valence-electron chi connectivity index (χ0n) is 25.0. The topological polar surface area (TPSA) is 88.8 Å². The number of hydrogen-bond acceptors (Lipinski definition) is 8. The Morgan fingerprint density at radius 1 is 1.14 bits per heavy atom. The Labute approximate surface area is 262 Å². The van der Waals surface area contributed by atoms with E-state index in [0.29, 0.717) is 62.7 Å². The molecule has 2 aromatic carbocycles. The standard InChI is InChI=1S/C33H37ClFN7O2/c1-22(35)32(43)42-18-17-41(19-24(42)9-5-14-36)31-26-13-16-40(29-12-4-8-23-7-3-11-27(34)30(23)29)20-28(26)37-33(38-31)44-21-25-10-6-15-39(25)2/h3-4,7-8,11-12,24-25H,1,5-6,9-10,13,15-21H2,2H3/t24-,25-/m0/s1. The Balaban J connectivity index is 1.33. The van der Waals surface area contributed by atoms with Crippen molar-refractivity contribution in [3.63, 3.8) is 0 Å². The third-order valence-corrected chi connectivity index (χ3v) is 9.45. The number of benzene rings is 2. The molecule has 2 fully saturated rings. The third-order valence-electron chi connectivity index (χ3n) is 9.14. The highest BCUT2D eigenvalue weighted by molar-refractivity contribution is 6.36. The molecule has 2 atom stereocenters. The number of fused-ring (bicyclic) bond motifs is 2. The van der Waals surface area contributed by atoms with E-state index in [4.69, 9.17) is 26.3 Å². The van der Waals surface area contributed by atoms with E-state index in [1.165, 1.54) is 4.90 Å². The first kappa shape index (κ1) is 30.1. The molecule has 0 spiro atoms. The minimum atomic E-state index is -0.985. The predicted octanol–water partition coefficient (Wildman–Crippen LogP) is 5.12. The van der Waals surface area contributed by atoms with Crippen molar-refractivity contribution in [3.8, 4) is 12.1 Å². The van der Waals surface area contributed by atoms with Gasteiger partial charge in [0.15, 0.2) is 5.83 Å². The predicted molar refractivity (Wildman–Crippen MR) is 170 cm³/mol. The normalized spacial score (nSPS) is 20.5. The molecule has 1 aromatic heterocycles. The van der Waals surface area contributed by atoms with Crippen LogP contribution in [0.1, 0.15) is 36.9 Å². The van der Waals surface area contributed by atoms with E-state index in [-0.39, 0.29) is 12.5 Å². The molecule has 3 aliphatic heterocycles. The lowest BCUT2D eigenvalue weighted by Crippen LogP contribution is -2.56. The van der Waals surface area contributed by atoms with Crippen LogP contribution < -0.4 is 14.5 Å². The smallest absolute Gasteiger partial charge is 0.318 e. The van der Waals surface area contributed by atoms with Gasteiger partial charge in [-0.3, -0.25) is 4.79 Å². The first-order valence-corrected chi connectivity index (χ1v) is 15.6. The van der Waals surface area contributed by atoms with Crippen molar-refractivity contribution >= 4 is 39.8 Å². The number of anilines is 2. The SMILES string of the molecule is C=C(F)C(=O)N1CCN(c2nc(OC[C@@H]3CCCN3C)nc3c2CCN(c2cccc4cccc(Cl)c24)C3)C[C@@H]1CCC#N. The zero-order chi connectivity index (χ0) is 30.8. The number of aromatic nitrogens is 2. The van der Waals surface area contributed by atoms with Crippen LogP contribution in [0.5, 0.6) is 6.01 Å². The molecule has 2 saturated heterocycles. The number of nitrogens with zero attached hydrogens (tertiary/aromatic N) is 7. The van der Waals surface area contributed by atoms with Gasteiger partial charge < -0.3 is 24.3 Å². The second kappa shape index (κ2) is 13.0. The number of carbonyl (C=O) groups excluding carboxylic acids is 1. The average Bonchev–Trinajstić information content (AvgIpc) is 3.45. The van der Waals surface area contributed by atoms with Crippen LogP contribution in [0.4, 0.5) is 15.9 Å². The molecule has 11 heteroatoms. The fourth-order valence-electron chi connectivity index (χ4n) is 6.77. The van der Waals surface area contributed by atoms with E-state index in [1.54, 1.807) is 0 Å². The van der Waals surface area contributed by atoms with Gasteiger partial charge in [-0.05, 0) is 56.8 Å². The number of halogens is 2. The lowest BCUT2D eigenvalue weighted by atomic mass is 10.0. The third kappa shape index (κ3) is 6.04. The largest absolute Gasteiger partial charge is 0.462 e. The molecule has 44 heavy (non-hydrogen) atoms. The Morgan fingerprint density at radius 3 is 2.70 bits per heavy atom. The zero-order valence-corrected chi connectivity index (χ0v) is 25.8. The molecule has 4 heterocycles. The van der Waals surface area contributed by atoms with Gasteiger partial charge in [-0.2, -0.15) is 15.2 Å². The number of rotatable bonds is 8. The van der Waals surface area contributed by atoms with E-state index in [0.717, 1.165) is 59.5 Å². The molecule has 3 aliphatic rings. The van der Waals surface area contributed by atoms with Crippen molar-refractivity contribution < 1.29 is 13.9 Å². The van der Waals surface area contributed by atoms with Gasteiger partial charge in [0.05, 0.1) is 29.4 Å². The van der Waals surface area contributed by atoms with Crippen LogP contribution in [-0.4, -0.2) is 84.1 Å². The van der Waals surface area contributed by atoms with Crippen LogP contribution in [0.2, 0.25) is 5.02 Å². The highest BCUT2D eigenvalue weighted by Gasteiger charge is 2.35. The Bertz CT molecular complexity index is 1610. The monoisotopic (exact) mass is 617 g/mol. The van der Waals surface area contributed by atoms with Gasteiger partial charge in [0.2, 0.25) is 0 Å². The van der Waals surface area contributed by atoms with Crippen molar-refractivity contribution in [1.82, 2.24) is 19.8 Å². The highest BCUT2D eigenvalue weighted by Crippen LogP contribution is 2.37. The van der Waals surface area contributed by atoms with Gasteiger partial charge in [0.1, 0.15) is 12.4 Å². The lowest BCUT2D eigenvalue weighted by Gasteiger charge is -2.43. The van der Waals surface area contributed by atoms with Gasteiger partial charge in [0, 0.05) is 55.3 Å². The minimum Gasteiger partial charge on any atom is -0.462 e. The fourth-order valence-corrected chi connectivity index (χ4v) is 7.05. The van der Waals surface area contributed by atoms with Crippen molar-refractivity contribution in [3.05, 3.63) is 65.1 Å². The number of carbonyl (C=O) groups is 1. The Hall–Kier alpha value is -3.94. The molecule has 0 unspecified atom stereocenters. The number of piperazine rings is 1. The number of nitriles is 1. The second-order valence-corrected chi connectivity index (χ2v) is 12.2. The van der Waals surface area contributed by atoms with Crippen LogP contribution in [0.15, 0.2) is 48.8 Å². The number of likely N-dealkylation sites (N-methyl/N-ethyl adjacent to an activating group) is 1. The van der Waals surface area contributed by atoms with Crippen molar-refractivity contribution in [1.29, 1.82) is 5.26 Å². The molecule has 0 bridgehead atoms.